The number of hydrogen-bond acceptors (Lipinski definition) is 4. The van der Waals surface area contributed by atoms with Crippen molar-refractivity contribution in [1.82, 2.24) is 15.4 Å². The monoisotopic (exact) mass is 370 g/mol. The highest BCUT2D eigenvalue weighted by atomic mass is 16.5. The van der Waals surface area contributed by atoms with Crippen LogP contribution in [0.2, 0.25) is 0 Å². The fourth-order valence-electron chi connectivity index (χ4n) is 3.27. The maximum Gasteiger partial charge on any atom is 0.194 e. The van der Waals surface area contributed by atoms with E-state index in [-0.39, 0.29) is 0 Å². The molecule has 27 heavy (non-hydrogen) atoms. The van der Waals surface area contributed by atoms with Gasteiger partial charge in [-0.25, -0.2) is 4.99 Å². The predicted octanol–water partition coefficient (Wildman–Crippen LogP) is 3.56. The first-order valence-corrected chi connectivity index (χ1v) is 9.84. The van der Waals surface area contributed by atoms with Gasteiger partial charge in [0.1, 0.15) is 5.69 Å². The number of guanidine groups is 1. The number of aromatic nitrogens is 1. The molecule has 1 aliphatic rings. The van der Waals surface area contributed by atoms with Crippen LogP contribution in [0.3, 0.4) is 0 Å². The third-order valence-electron chi connectivity index (χ3n) is 4.92. The summed E-state index contributed by atoms with van der Waals surface area (Å²) in [4.78, 5) is 6.94. The Bertz CT molecular complexity index is 708. The number of hydrogen-bond donors (Lipinski definition) is 1. The van der Waals surface area contributed by atoms with Crippen molar-refractivity contribution in [2.45, 2.75) is 32.7 Å². The predicted molar refractivity (Wildman–Crippen MR) is 108 cm³/mol. The summed E-state index contributed by atoms with van der Waals surface area (Å²) >= 11 is 0. The van der Waals surface area contributed by atoms with E-state index in [4.69, 9.17) is 14.3 Å². The second kappa shape index (κ2) is 10.1. The van der Waals surface area contributed by atoms with Gasteiger partial charge in [-0.15, -0.1) is 0 Å². The molecule has 0 saturated carbocycles. The molecule has 0 spiro atoms. The highest BCUT2D eigenvalue weighted by Gasteiger charge is 2.15. The Morgan fingerprint density at radius 3 is 2.78 bits per heavy atom. The third-order valence-corrected chi connectivity index (χ3v) is 4.92. The lowest BCUT2D eigenvalue weighted by molar-refractivity contribution is 0.0625. The van der Waals surface area contributed by atoms with Crippen molar-refractivity contribution < 1.29 is 9.26 Å². The van der Waals surface area contributed by atoms with Gasteiger partial charge in [0, 0.05) is 45.0 Å². The van der Waals surface area contributed by atoms with Gasteiger partial charge in [0.2, 0.25) is 0 Å². The van der Waals surface area contributed by atoms with Crippen LogP contribution >= 0.6 is 0 Å². The van der Waals surface area contributed by atoms with Crippen LogP contribution in [0.1, 0.15) is 31.9 Å². The zero-order valence-corrected chi connectivity index (χ0v) is 16.4. The van der Waals surface area contributed by atoms with E-state index in [1.54, 1.807) is 0 Å². The fourth-order valence-corrected chi connectivity index (χ4v) is 3.27. The highest BCUT2D eigenvalue weighted by molar-refractivity contribution is 5.79. The molecular weight excluding hydrogens is 340 g/mol. The maximum absolute atomic E-state index is 5.47. The van der Waals surface area contributed by atoms with Gasteiger partial charge in [-0.3, -0.25) is 0 Å². The van der Waals surface area contributed by atoms with Gasteiger partial charge in [0.15, 0.2) is 11.7 Å². The molecule has 1 aromatic heterocycles. The molecule has 2 aromatic rings. The number of nitrogens with zero attached hydrogens (tertiary/aromatic N) is 3. The molecule has 146 valence electrons. The van der Waals surface area contributed by atoms with E-state index in [0.29, 0.717) is 6.54 Å². The normalized spacial score (nSPS) is 15.7. The number of benzene rings is 1. The molecule has 3 rings (SSSR count). The van der Waals surface area contributed by atoms with E-state index in [0.717, 1.165) is 55.2 Å². The lowest BCUT2D eigenvalue weighted by atomic mass is 9.96. The quantitative estimate of drug-likeness (QED) is 0.596. The summed E-state index contributed by atoms with van der Waals surface area (Å²) < 4.78 is 10.9. The van der Waals surface area contributed by atoms with Gasteiger partial charge in [-0.1, -0.05) is 35.5 Å². The lowest BCUT2D eigenvalue weighted by Crippen LogP contribution is -2.40. The topological polar surface area (TPSA) is 62.9 Å². The second-order valence-corrected chi connectivity index (χ2v) is 6.98. The largest absolute Gasteiger partial charge is 0.381 e. The van der Waals surface area contributed by atoms with Crippen LogP contribution in [0.5, 0.6) is 0 Å². The van der Waals surface area contributed by atoms with Gasteiger partial charge in [0.05, 0.1) is 6.54 Å². The molecule has 0 amide bonds. The van der Waals surface area contributed by atoms with Crippen molar-refractivity contribution >= 4 is 5.96 Å². The average molecular weight is 370 g/mol. The van der Waals surface area contributed by atoms with Gasteiger partial charge in [0.25, 0.3) is 0 Å². The number of rotatable bonds is 7. The van der Waals surface area contributed by atoms with Crippen LogP contribution in [0.15, 0.2) is 45.9 Å². The van der Waals surface area contributed by atoms with Crippen molar-refractivity contribution in [2.24, 2.45) is 10.9 Å². The summed E-state index contributed by atoms with van der Waals surface area (Å²) in [5.74, 6) is 2.44. The van der Waals surface area contributed by atoms with Crippen LogP contribution in [0, 0.1) is 5.92 Å². The molecule has 0 bridgehead atoms. The average Bonchev–Trinajstić information content (AvgIpc) is 3.20. The summed E-state index contributed by atoms with van der Waals surface area (Å²) in [7, 11) is 2.10. The zero-order chi connectivity index (χ0) is 18.9. The first kappa shape index (κ1) is 19.4. The highest BCUT2D eigenvalue weighted by Crippen LogP contribution is 2.20. The van der Waals surface area contributed by atoms with E-state index in [1.807, 2.05) is 36.4 Å². The maximum atomic E-state index is 5.47. The van der Waals surface area contributed by atoms with Gasteiger partial charge in [-0.2, -0.15) is 0 Å². The molecule has 0 radical (unpaired) electrons. The van der Waals surface area contributed by atoms with Gasteiger partial charge < -0.3 is 19.5 Å². The smallest absolute Gasteiger partial charge is 0.194 e. The van der Waals surface area contributed by atoms with Crippen LogP contribution in [-0.4, -0.2) is 49.4 Å². The van der Waals surface area contributed by atoms with E-state index >= 15 is 0 Å². The molecule has 0 aliphatic carbocycles. The molecule has 1 aromatic carbocycles. The summed E-state index contributed by atoms with van der Waals surface area (Å²) in [6.45, 7) is 6.22. The Hall–Kier alpha value is -2.34. The molecule has 1 aliphatic heterocycles. The van der Waals surface area contributed by atoms with Crippen LogP contribution in [-0.2, 0) is 11.3 Å². The number of nitrogens with one attached hydrogen (secondary N) is 1. The first-order valence-electron chi connectivity index (χ1n) is 9.84. The summed E-state index contributed by atoms with van der Waals surface area (Å²) in [6, 6.07) is 12.0. The second-order valence-electron chi connectivity index (χ2n) is 6.98. The molecule has 0 atom stereocenters. The lowest BCUT2D eigenvalue weighted by Gasteiger charge is -2.26. The molecule has 2 heterocycles. The molecule has 6 heteroatoms. The summed E-state index contributed by atoms with van der Waals surface area (Å²) in [6.07, 6.45) is 3.51. The minimum Gasteiger partial charge on any atom is -0.381 e. The van der Waals surface area contributed by atoms with Crippen molar-refractivity contribution in [1.29, 1.82) is 0 Å². The van der Waals surface area contributed by atoms with E-state index in [1.165, 1.54) is 19.3 Å². The number of ether oxygens (including phenoxy) is 1. The Kier molecular flexibility index (Phi) is 7.27. The van der Waals surface area contributed by atoms with E-state index in [2.05, 4.69) is 29.3 Å². The fraction of sp³-hybridized carbons (Fsp3) is 0.524. The minimum atomic E-state index is 0.500. The van der Waals surface area contributed by atoms with E-state index < -0.39 is 0 Å². The Balaban J connectivity index is 1.57. The van der Waals surface area contributed by atoms with E-state index in [9.17, 15) is 0 Å². The molecule has 0 unspecified atom stereocenters. The molecule has 6 nitrogen and oxygen atoms in total. The molecular formula is C21H30N4O2. The molecule has 1 N–H and O–H groups in total. The minimum absolute atomic E-state index is 0.500. The Morgan fingerprint density at radius 2 is 2.04 bits per heavy atom. The van der Waals surface area contributed by atoms with Crippen molar-refractivity contribution in [3.63, 3.8) is 0 Å². The summed E-state index contributed by atoms with van der Waals surface area (Å²) in [5, 5.41) is 7.53. The first-order chi connectivity index (χ1) is 13.3. The van der Waals surface area contributed by atoms with Crippen LogP contribution in [0.4, 0.5) is 0 Å². The third kappa shape index (κ3) is 5.82. The SMILES string of the molecule is CCNC(=NCc1cc(-c2ccccc2)on1)N(C)CCC1CCOCC1. The van der Waals surface area contributed by atoms with Crippen LogP contribution < -0.4 is 5.32 Å². The number of aliphatic imine (C=N–C) groups is 1. The van der Waals surface area contributed by atoms with Gasteiger partial charge in [-0.05, 0) is 32.1 Å². The van der Waals surface area contributed by atoms with Crippen LogP contribution in [0.25, 0.3) is 11.3 Å². The van der Waals surface area contributed by atoms with Crippen molar-refractivity contribution in [3.8, 4) is 11.3 Å². The zero-order valence-electron chi connectivity index (χ0n) is 16.4. The molecule has 1 fully saturated rings. The van der Waals surface area contributed by atoms with Gasteiger partial charge >= 0.3 is 0 Å². The Morgan fingerprint density at radius 1 is 1.26 bits per heavy atom. The van der Waals surface area contributed by atoms with Crippen molar-refractivity contribution in [2.75, 3.05) is 33.4 Å². The Labute approximate surface area is 161 Å². The molecule has 1 saturated heterocycles. The van der Waals surface area contributed by atoms with Crippen molar-refractivity contribution in [3.05, 3.63) is 42.1 Å². The standard InChI is InChI=1S/C21H30N4O2/c1-3-22-21(25(2)12-9-17-10-13-26-14-11-17)23-16-19-15-20(27-24-19)18-7-5-4-6-8-18/h4-8,15,17H,3,9-14,16H2,1-2H3,(H,22,23). The summed E-state index contributed by atoms with van der Waals surface area (Å²) in [5.41, 5.74) is 1.86.